The van der Waals surface area contributed by atoms with Crippen molar-refractivity contribution >= 4 is 0 Å². The van der Waals surface area contributed by atoms with Crippen molar-refractivity contribution < 1.29 is 4.74 Å². The molecule has 2 saturated heterocycles. The number of nitrogens with zero attached hydrogens (tertiary/aromatic N) is 1. The maximum atomic E-state index is 6.18. The zero-order valence-electron chi connectivity index (χ0n) is 11.2. The fourth-order valence-corrected chi connectivity index (χ4v) is 3.28. The van der Waals surface area contributed by atoms with Crippen molar-refractivity contribution in [3.8, 4) is 0 Å². The summed E-state index contributed by atoms with van der Waals surface area (Å²) in [6, 6.07) is 0.572. The third-order valence-corrected chi connectivity index (χ3v) is 3.84. The summed E-state index contributed by atoms with van der Waals surface area (Å²) in [5.41, 5.74) is 0.0295. The Labute approximate surface area is 99.5 Å². The summed E-state index contributed by atoms with van der Waals surface area (Å²) in [5, 5.41) is 3.47. The van der Waals surface area contributed by atoms with E-state index in [4.69, 9.17) is 4.74 Å². The van der Waals surface area contributed by atoms with Gasteiger partial charge in [0.1, 0.15) is 0 Å². The molecule has 2 rings (SSSR count). The first-order valence-electron chi connectivity index (χ1n) is 6.56. The van der Waals surface area contributed by atoms with Crippen LogP contribution < -0.4 is 5.32 Å². The molecule has 2 aliphatic rings. The average Bonchev–Trinajstić information content (AvgIpc) is 2.39. The van der Waals surface area contributed by atoms with Crippen LogP contribution in [0.5, 0.6) is 0 Å². The first kappa shape index (κ1) is 12.3. The van der Waals surface area contributed by atoms with Crippen LogP contribution in [-0.2, 0) is 4.74 Å². The smallest absolute Gasteiger partial charge is 0.0789 e. The van der Waals surface area contributed by atoms with E-state index >= 15 is 0 Å². The summed E-state index contributed by atoms with van der Waals surface area (Å²) in [6.07, 6.45) is 2.41. The van der Waals surface area contributed by atoms with Crippen LogP contribution >= 0.6 is 0 Å². The van der Waals surface area contributed by atoms with E-state index in [9.17, 15) is 0 Å². The average molecular weight is 226 g/mol. The quantitative estimate of drug-likeness (QED) is 0.735. The van der Waals surface area contributed by atoms with Gasteiger partial charge in [0, 0.05) is 19.1 Å². The first-order chi connectivity index (χ1) is 7.41. The van der Waals surface area contributed by atoms with Gasteiger partial charge in [-0.25, -0.2) is 0 Å². The molecule has 0 spiro atoms. The summed E-state index contributed by atoms with van der Waals surface area (Å²) in [6.45, 7) is 13.6. The Morgan fingerprint density at radius 1 is 1.12 bits per heavy atom. The van der Waals surface area contributed by atoms with Gasteiger partial charge in [0.2, 0.25) is 0 Å². The van der Waals surface area contributed by atoms with E-state index in [1.807, 2.05) is 0 Å². The molecule has 0 aromatic carbocycles. The molecule has 94 valence electrons. The van der Waals surface area contributed by atoms with Gasteiger partial charge in [0.15, 0.2) is 0 Å². The van der Waals surface area contributed by atoms with Crippen molar-refractivity contribution in [3.05, 3.63) is 0 Å². The van der Waals surface area contributed by atoms with Gasteiger partial charge in [-0.15, -0.1) is 0 Å². The predicted octanol–water partition coefficient (Wildman–Crippen LogP) is 1.63. The van der Waals surface area contributed by atoms with Crippen molar-refractivity contribution in [2.24, 2.45) is 0 Å². The van der Waals surface area contributed by atoms with Gasteiger partial charge in [-0.2, -0.15) is 0 Å². The number of ether oxygens (including phenoxy) is 1. The van der Waals surface area contributed by atoms with Crippen molar-refractivity contribution in [3.63, 3.8) is 0 Å². The lowest BCUT2D eigenvalue weighted by atomic mass is 9.93. The van der Waals surface area contributed by atoms with Crippen LogP contribution in [-0.4, -0.2) is 48.3 Å². The molecule has 1 unspecified atom stereocenters. The van der Waals surface area contributed by atoms with E-state index in [-0.39, 0.29) is 11.2 Å². The topological polar surface area (TPSA) is 24.5 Å². The van der Waals surface area contributed by atoms with E-state index in [1.54, 1.807) is 0 Å². The third kappa shape index (κ3) is 2.58. The molecular weight excluding hydrogens is 200 g/mol. The van der Waals surface area contributed by atoms with Crippen LogP contribution in [0.15, 0.2) is 0 Å². The van der Waals surface area contributed by atoms with E-state index < -0.39 is 0 Å². The SMILES string of the molecule is CC1(C)CC(N2CCCNCC2)C(C)(C)O1. The van der Waals surface area contributed by atoms with E-state index in [2.05, 4.69) is 37.9 Å². The molecule has 0 radical (unpaired) electrons. The predicted molar refractivity (Wildman–Crippen MR) is 66.7 cm³/mol. The zero-order valence-corrected chi connectivity index (χ0v) is 11.2. The third-order valence-electron chi connectivity index (χ3n) is 3.84. The Hall–Kier alpha value is -0.120. The summed E-state index contributed by atoms with van der Waals surface area (Å²) in [5.74, 6) is 0. The van der Waals surface area contributed by atoms with Crippen molar-refractivity contribution in [1.82, 2.24) is 10.2 Å². The molecule has 3 heteroatoms. The Balaban J connectivity index is 2.07. The van der Waals surface area contributed by atoms with Crippen molar-refractivity contribution in [2.45, 2.75) is 57.8 Å². The summed E-state index contributed by atoms with van der Waals surface area (Å²) < 4.78 is 6.18. The Morgan fingerprint density at radius 3 is 2.50 bits per heavy atom. The summed E-state index contributed by atoms with van der Waals surface area (Å²) in [4.78, 5) is 2.62. The van der Waals surface area contributed by atoms with E-state index in [1.165, 1.54) is 13.0 Å². The molecule has 3 nitrogen and oxygen atoms in total. The van der Waals surface area contributed by atoms with Gasteiger partial charge >= 0.3 is 0 Å². The minimum absolute atomic E-state index is 0.00611. The highest BCUT2D eigenvalue weighted by Gasteiger charge is 2.48. The number of rotatable bonds is 1. The molecule has 0 aromatic rings. The maximum absolute atomic E-state index is 6.18. The van der Waals surface area contributed by atoms with Crippen molar-refractivity contribution in [1.29, 1.82) is 0 Å². The fraction of sp³-hybridized carbons (Fsp3) is 1.00. The second-order valence-electron chi connectivity index (χ2n) is 6.32. The molecule has 2 heterocycles. The van der Waals surface area contributed by atoms with E-state index in [0.29, 0.717) is 6.04 Å². The number of hydrogen-bond acceptors (Lipinski definition) is 3. The van der Waals surface area contributed by atoms with Crippen molar-refractivity contribution in [2.75, 3.05) is 26.2 Å². The molecule has 1 N–H and O–H groups in total. The van der Waals surface area contributed by atoms with Gasteiger partial charge in [-0.05, 0) is 53.6 Å². The van der Waals surface area contributed by atoms with E-state index in [0.717, 1.165) is 26.1 Å². The largest absolute Gasteiger partial charge is 0.368 e. The second-order valence-corrected chi connectivity index (χ2v) is 6.32. The number of nitrogens with one attached hydrogen (secondary N) is 1. The number of hydrogen-bond donors (Lipinski definition) is 1. The Kier molecular flexibility index (Phi) is 3.30. The maximum Gasteiger partial charge on any atom is 0.0789 e. The molecular formula is C13H26N2O. The lowest BCUT2D eigenvalue weighted by Gasteiger charge is -2.35. The highest BCUT2D eigenvalue weighted by atomic mass is 16.5. The molecule has 0 aliphatic carbocycles. The van der Waals surface area contributed by atoms with Crippen LogP contribution in [0, 0.1) is 0 Å². The van der Waals surface area contributed by atoms with Crippen LogP contribution in [0.4, 0.5) is 0 Å². The highest BCUT2D eigenvalue weighted by Crippen LogP contribution is 2.40. The van der Waals surface area contributed by atoms with Gasteiger partial charge in [0.25, 0.3) is 0 Å². The normalized spacial score (nSPS) is 34.9. The molecule has 0 bridgehead atoms. The molecule has 1 atom stereocenters. The molecule has 2 fully saturated rings. The summed E-state index contributed by atoms with van der Waals surface area (Å²) >= 11 is 0. The minimum atomic E-state index is -0.00611. The fourth-order valence-electron chi connectivity index (χ4n) is 3.28. The summed E-state index contributed by atoms with van der Waals surface area (Å²) in [7, 11) is 0. The zero-order chi connectivity index (χ0) is 11.8. The monoisotopic (exact) mass is 226 g/mol. The lowest BCUT2D eigenvalue weighted by Crippen LogP contribution is -2.47. The van der Waals surface area contributed by atoms with Gasteiger partial charge in [-0.3, -0.25) is 4.90 Å². The highest BCUT2D eigenvalue weighted by molar-refractivity contribution is 5.00. The van der Waals surface area contributed by atoms with Gasteiger partial charge < -0.3 is 10.1 Å². The molecule has 0 aromatic heterocycles. The van der Waals surface area contributed by atoms with Crippen LogP contribution in [0.2, 0.25) is 0 Å². The standard InChI is InChI=1S/C13H26N2O/c1-12(2)10-11(13(3,4)16-12)15-8-5-6-14-7-9-15/h11,14H,5-10H2,1-4H3. The van der Waals surface area contributed by atoms with Gasteiger partial charge in [0.05, 0.1) is 11.2 Å². The van der Waals surface area contributed by atoms with Crippen LogP contribution in [0.3, 0.4) is 0 Å². The van der Waals surface area contributed by atoms with Crippen LogP contribution in [0.1, 0.15) is 40.5 Å². The lowest BCUT2D eigenvalue weighted by molar-refractivity contribution is -0.0800. The molecule has 2 aliphatic heterocycles. The Morgan fingerprint density at radius 2 is 1.88 bits per heavy atom. The molecule has 0 amide bonds. The second kappa shape index (κ2) is 4.28. The van der Waals surface area contributed by atoms with Crippen LogP contribution in [0.25, 0.3) is 0 Å². The molecule has 16 heavy (non-hydrogen) atoms. The Bertz CT molecular complexity index is 242. The first-order valence-corrected chi connectivity index (χ1v) is 6.56. The minimum Gasteiger partial charge on any atom is -0.368 e. The van der Waals surface area contributed by atoms with Gasteiger partial charge in [-0.1, -0.05) is 0 Å². The molecule has 0 saturated carbocycles.